The molecule has 2 rings (SSSR count). The fourth-order valence-corrected chi connectivity index (χ4v) is 1.78. The van der Waals surface area contributed by atoms with Crippen molar-refractivity contribution in [2.45, 2.75) is 32.6 Å². The second kappa shape index (κ2) is 4.99. The van der Waals surface area contributed by atoms with Crippen molar-refractivity contribution in [3.63, 3.8) is 0 Å². The molecule has 7 heteroatoms. The Hall–Kier alpha value is -2.18. The Morgan fingerprint density at radius 1 is 1.33 bits per heavy atom. The topological polar surface area (TPSA) is 114 Å². The van der Waals surface area contributed by atoms with Crippen LogP contribution in [0.4, 0.5) is 5.82 Å². The molecule has 4 N–H and O–H groups in total. The molecule has 2 aliphatic rings. The van der Waals surface area contributed by atoms with Crippen LogP contribution in [0.15, 0.2) is 6.20 Å². The SMILES string of the molecule is CCCCCc1cn(O)c2nc(=N)nc(N)c-2n1. The lowest BCUT2D eigenvalue weighted by atomic mass is 10.1. The van der Waals surface area contributed by atoms with Gasteiger partial charge >= 0.3 is 0 Å². The molecule has 7 nitrogen and oxygen atoms in total. The average molecular weight is 248 g/mol. The fraction of sp³-hybridized carbons (Fsp3) is 0.455. The number of fused-ring (bicyclic) bond motifs is 1. The molecule has 0 saturated heterocycles. The van der Waals surface area contributed by atoms with Gasteiger partial charge in [0.25, 0.3) is 0 Å². The van der Waals surface area contributed by atoms with E-state index in [-0.39, 0.29) is 17.3 Å². The van der Waals surface area contributed by atoms with Crippen molar-refractivity contribution < 1.29 is 5.21 Å². The van der Waals surface area contributed by atoms with E-state index in [1.54, 1.807) is 0 Å². The summed E-state index contributed by atoms with van der Waals surface area (Å²) >= 11 is 0. The third-order valence-electron chi connectivity index (χ3n) is 2.67. The standard InChI is InChI=1S/C11H16N6O/c1-2-3-4-5-7-6-17(18)10-8(14-7)9(12)15-11(13)16-10/h6,18H,2-5H2,1H3,(H3,12,13,15). The lowest BCUT2D eigenvalue weighted by Crippen LogP contribution is -2.20. The van der Waals surface area contributed by atoms with E-state index in [0.29, 0.717) is 5.69 Å². The highest BCUT2D eigenvalue weighted by atomic mass is 16.5. The van der Waals surface area contributed by atoms with E-state index in [9.17, 15) is 5.21 Å². The molecule has 2 aliphatic heterocycles. The van der Waals surface area contributed by atoms with Gasteiger partial charge in [-0.25, -0.2) is 4.98 Å². The molecule has 0 amide bonds. The first kappa shape index (κ1) is 12.3. The molecular weight excluding hydrogens is 232 g/mol. The summed E-state index contributed by atoms with van der Waals surface area (Å²) in [5, 5.41) is 17.2. The zero-order valence-electron chi connectivity index (χ0n) is 10.2. The van der Waals surface area contributed by atoms with Gasteiger partial charge in [0, 0.05) is 0 Å². The summed E-state index contributed by atoms with van der Waals surface area (Å²) in [4.78, 5) is 11.9. The summed E-state index contributed by atoms with van der Waals surface area (Å²) in [7, 11) is 0. The quantitative estimate of drug-likeness (QED) is 0.547. The number of nitrogen functional groups attached to an aromatic ring is 1. The van der Waals surface area contributed by atoms with Gasteiger partial charge < -0.3 is 10.9 Å². The summed E-state index contributed by atoms with van der Waals surface area (Å²) in [6, 6.07) is 0. The van der Waals surface area contributed by atoms with Gasteiger partial charge in [0.15, 0.2) is 11.5 Å². The minimum Gasteiger partial charge on any atom is -0.427 e. The Labute approximate surface area is 104 Å². The smallest absolute Gasteiger partial charge is 0.246 e. The Balaban J connectivity index is 2.42. The van der Waals surface area contributed by atoms with E-state index in [0.717, 1.165) is 36.1 Å². The van der Waals surface area contributed by atoms with Crippen LogP contribution < -0.4 is 11.4 Å². The van der Waals surface area contributed by atoms with E-state index in [1.165, 1.54) is 6.20 Å². The van der Waals surface area contributed by atoms with Gasteiger partial charge in [-0.1, -0.05) is 19.8 Å². The molecule has 0 saturated carbocycles. The molecule has 96 valence electrons. The van der Waals surface area contributed by atoms with E-state index >= 15 is 0 Å². The molecule has 0 radical (unpaired) electrons. The lowest BCUT2D eigenvalue weighted by Gasteiger charge is -2.11. The number of nitrogens with one attached hydrogen (secondary N) is 1. The minimum absolute atomic E-state index is 0.116. The third-order valence-corrected chi connectivity index (χ3v) is 2.67. The van der Waals surface area contributed by atoms with Crippen molar-refractivity contribution >= 4 is 5.82 Å². The zero-order chi connectivity index (χ0) is 13.1. The van der Waals surface area contributed by atoms with Crippen molar-refractivity contribution in [3.8, 4) is 11.5 Å². The number of anilines is 1. The van der Waals surface area contributed by atoms with Crippen LogP contribution in [0.1, 0.15) is 31.9 Å². The predicted octanol–water partition coefficient (Wildman–Crippen LogP) is 0.810. The highest BCUT2D eigenvalue weighted by Crippen LogP contribution is 2.20. The van der Waals surface area contributed by atoms with Gasteiger partial charge in [0.05, 0.1) is 11.9 Å². The highest BCUT2D eigenvalue weighted by Gasteiger charge is 2.16. The number of nitrogens with two attached hydrogens (primary N) is 1. The lowest BCUT2D eigenvalue weighted by molar-refractivity contribution is 0.184. The number of rotatable bonds is 4. The van der Waals surface area contributed by atoms with Crippen LogP contribution >= 0.6 is 0 Å². The number of aryl methyl sites for hydroxylation is 1. The summed E-state index contributed by atoms with van der Waals surface area (Å²) in [6.45, 7) is 2.13. The van der Waals surface area contributed by atoms with E-state index < -0.39 is 0 Å². The normalized spacial score (nSPS) is 10.9. The second-order valence-corrected chi connectivity index (χ2v) is 4.14. The first-order valence-corrected chi connectivity index (χ1v) is 5.91. The summed E-state index contributed by atoms with van der Waals surface area (Å²) < 4.78 is 0.861. The monoisotopic (exact) mass is 248 g/mol. The van der Waals surface area contributed by atoms with E-state index in [4.69, 9.17) is 11.1 Å². The summed E-state index contributed by atoms with van der Waals surface area (Å²) in [5.41, 5.74) is 6.54. The molecule has 2 heterocycles. The minimum atomic E-state index is -0.233. The number of hydrogen-bond donors (Lipinski definition) is 3. The molecule has 0 aromatic heterocycles. The van der Waals surface area contributed by atoms with Crippen LogP contribution in [0.5, 0.6) is 0 Å². The molecule has 18 heavy (non-hydrogen) atoms. The summed E-state index contributed by atoms with van der Waals surface area (Å²) in [6.07, 6.45) is 5.52. The molecule has 0 fully saturated rings. The predicted molar refractivity (Wildman–Crippen MR) is 65.1 cm³/mol. The van der Waals surface area contributed by atoms with Crippen LogP contribution in [0, 0.1) is 5.41 Å². The molecule has 0 spiro atoms. The largest absolute Gasteiger partial charge is 0.427 e. The first-order chi connectivity index (χ1) is 8.61. The number of aromatic nitrogens is 4. The Bertz CT molecular complexity index is 579. The number of nitrogens with zero attached hydrogens (tertiary/aromatic N) is 4. The van der Waals surface area contributed by atoms with Crippen LogP contribution in [-0.4, -0.2) is 24.9 Å². The highest BCUT2D eigenvalue weighted by molar-refractivity contribution is 5.63. The van der Waals surface area contributed by atoms with Crippen molar-refractivity contribution in [1.29, 1.82) is 5.41 Å². The van der Waals surface area contributed by atoms with Crippen LogP contribution in [-0.2, 0) is 6.42 Å². The third kappa shape index (κ3) is 2.39. The van der Waals surface area contributed by atoms with Gasteiger partial charge in [-0.05, 0) is 12.8 Å². The van der Waals surface area contributed by atoms with Gasteiger partial charge in [-0.15, -0.1) is 0 Å². The van der Waals surface area contributed by atoms with Crippen molar-refractivity contribution in [2.75, 3.05) is 5.73 Å². The average Bonchev–Trinajstić information content (AvgIpc) is 2.31. The van der Waals surface area contributed by atoms with E-state index in [1.807, 2.05) is 0 Å². The van der Waals surface area contributed by atoms with Crippen LogP contribution in [0.2, 0.25) is 0 Å². The maximum absolute atomic E-state index is 9.80. The Morgan fingerprint density at radius 3 is 2.83 bits per heavy atom. The Morgan fingerprint density at radius 2 is 2.11 bits per heavy atom. The molecule has 0 bridgehead atoms. The van der Waals surface area contributed by atoms with Crippen molar-refractivity contribution in [3.05, 3.63) is 17.5 Å². The van der Waals surface area contributed by atoms with Gasteiger partial charge in [0.2, 0.25) is 11.4 Å². The maximum Gasteiger partial charge on any atom is 0.246 e. The van der Waals surface area contributed by atoms with Crippen LogP contribution in [0.3, 0.4) is 0 Å². The number of unbranched alkanes of at least 4 members (excludes halogenated alkanes) is 2. The molecule has 0 unspecified atom stereocenters. The molecular formula is C11H16N6O. The van der Waals surface area contributed by atoms with Gasteiger partial charge in [-0.2, -0.15) is 14.7 Å². The maximum atomic E-state index is 9.80. The Kier molecular flexibility index (Phi) is 3.40. The zero-order valence-corrected chi connectivity index (χ0v) is 10.2. The molecule has 0 aromatic rings. The molecule has 0 aliphatic carbocycles. The number of hydrogen-bond acceptors (Lipinski definition) is 6. The summed E-state index contributed by atoms with van der Waals surface area (Å²) in [5.74, 6) is 0.275. The van der Waals surface area contributed by atoms with Crippen molar-refractivity contribution in [1.82, 2.24) is 19.7 Å². The van der Waals surface area contributed by atoms with Crippen molar-refractivity contribution in [2.24, 2.45) is 0 Å². The van der Waals surface area contributed by atoms with Gasteiger partial charge in [-0.3, -0.25) is 5.41 Å². The molecule has 0 atom stereocenters. The first-order valence-electron chi connectivity index (χ1n) is 5.91. The fourth-order valence-electron chi connectivity index (χ4n) is 1.78. The van der Waals surface area contributed by atoms with E-state index in [2.05, 4.69) is 21.9 Å². The second-order valence-electron chi connectivity index (χ2n) is 4.14. The van der Waals surface area contributed by atoms with Gasteiger partial charge in [0.1, 0.15) is 0 Å². The van der Waals surface area contributed by atoms with Crippen LogP contribution in [0.25, 0.3) is 11.5 Å². The molecule has 0 aromatic carbocycles.